The van der Waals surface area contributed by atoms with Crippen LogP contribution in [0.15, 0.2) is 12.1 Å². The number of piperazine rings is 1. The summed E-state index contributed by atoms with van der Waals surface area (Å²) in [6.45, 7) is 15.0. The van der Waals surface area contributed by atoms with E-state index in [1.807, 2.05) is 0 Å². The van der Waals surface area contributed by atoms with Gasteiger partial charge in [0.25, 0.3) is 0 Å². The standard InChI is InChI=1S/C16H29N5/c1-5-8-20-9-11-21(12-10-20)15-7-6-14(18-19-15)13-17-16(2,3)4/h6-7,17H,5,8-13H2,1-4H3. The van der Waals surface area contributed by atoms with E-state index < -0.39 is 0 Å². The maximum absolute atomic E-state index is 4.39. The minimum Gasteiger partial charge on any atom is -0.353 e. The fraction of sp³-hybridized carbons (Fsp3) is 0.750. The van der Waals surface area contributed by atoms with Crippen LogP contribution >= 0.6 is 0 Å². The van der Waals surface area contributed by atoms with E-state index in [2.05, 4.69) is 65.1 Å². The second kappa shape index (κ2) is 7.18. The zero-order valence-corrected chi connectivity index (χ0v) is 13.9. The Morgan fingerprint density at radius 3 is 2.33 bits per heavy atom. The van der Waals surface area contributed by atoms with Crippen molar-refractivity contribution < 1.29 is 0 Å². The van der Waals surface area contributed by atoms with Gasteiger partial charge in [0.15, 0.2) is 5.82 Å². The van der Waals surface area contributed by atoms with Crippen LogP contribution in [0.25, 0.3) is 0 Å². The largest absolute Gasteiger partial charge is 0.353 e. The van der Waals surface area contributed by atoms with Crippen molar-refractivity contribution in [2.24, 2.45) is 0 Å². The molecule has 1 aliphatic heterocycles. The average molecular weight is 291 g/mol. The molecule has 0 unspecified atom stereocenters. The number of hydrogen-bond acceptors (Lipinski definition) is 5. The van der Waals surface area contributed by atoms with Gasteiger partial charge in [0, 0.05) is 38.3 Å². The van der Waals surface area contributed by atoms with E-state index in [1.165, 1.54) is 13.0 Å². The SMILES string of the molecule is CCCN1CCN(c2ccc(CNC(C)(C)C)nn2)CC1. The molecular weight excluding hydrogens is 262 g/mol. The summed E-state index contributed by atoms with van der Waals surface area (Å²) >= 11 is 0. The van der Waals surface area contributed by atoms with Crippen molar-refractivity contribution in [1.29, 1.82) is 0 Å². The van der Waals surface area contributed by atoms with Crippen LogP contribution in [0.4, 0.5) is 5.82 Å². The average Bonchev–Trinajstić information content (AvgIpc) is 2.46. The van der Waals surface area contributed by atoms with Gasteiger partial charge in [0.05, 0.1) is 5.69 Å². The first kappa shape index (κ1) is 16.2. The molecule has 5 nitrogen and oxygen atoms in total. The zero-order chi connectivity index (χ0) is 15.3. The van der Waals surface area contributed by atoms with Crippen LogP contribution in [0.5, 0.6) is 0 Å². The van der Waals surface area contributed by atoms with Crippen molar-refractivity contribution in [2.75, 3.05) is 37.6 Å². The summed E-state index contributed by atoms with van der Waals surface area (Å²) in [4.78, 5) is 4.85. The minimum atomic E-state index is 0.107. The van der Waals surface area contributed by atoms with Crippen molar-refractivity contribution in [2.45, 2.75) is 46.2 Å². The molecule has 0 atom stereocenters. The predicted molar refractivity (Wildman–Crippen MR) is 87.6 cm³/mol. The smallest absolute Gasteiger partial charge is 0.151 e. The first-order valence-electron chi connectivity index (χ1n) is 8.03. The Hall–Kier alpha value is -1.20. The molecule has 1 aromatic heterocycles. The lowest BCUT2D eigenvalue weighted by Crippen LogP contribution is -2.46. The fourth-order valence-corrected chi connectivity index (χ4v) is 2.49. The second-order valence-electron chi connectivity index (χ2n) is 6.82. The number of nitrogens with one attached hydrogen (secondary N) is 1. The molecule has 0 saturated carbocycles. The lowest BCUT2D eigenvalue weighted by Gasteiger charge is -2.35. The molecule has 1 fully saturated rings. The lowest BCUT2D eigenvalue weighted by atomic mass is 10.1. The Morgan fingerprint density at radius 1 is 1.10 bits per heavy atom. The molecule has 21 heavy (non-hydrogen) atoms. The molecule has 1 saturated heterocycles. The third-order valence-corrected chi connectivity index (χ3v) is 3.74. The van der Waals surface area contributed by atoms with Crippen molar-refractivity contribution in [1.82, 2.24) is 20.4 Å². The molecule has 0 aromatic carbocycles. The van der Waals surface area contributed by atoms with Crippen LogP contribution in [0.1, 0.15) is 39.8 Å². The van der Waals surface area contributed by atoms with Gasteiger partial charge < -0.3 is 10.2 Å². The van der Waals surface area contributed by atoms with E-state index in [1.54, 1.807) is 0 Å². The Labute approximate surface area is 128 Å². The van der Waals surface area contributed by atoms with Gasteiger partial charge in [0.2, 0.25) is 0 Å². The van der Waals surface area contributed by atoms with Crippen molar-refractivity contribution >= 4 is 5.82 Å². The third-order valence-electron chi connectivity index (χ3n) is 3.74. The monoisotopic (exact) mass is 291 g/mol. The summed E-state index contributed by atoms with van der Waals surface area (Å²) in [5.74, 6) is 1.01. The highest BCUT2D eigenvalue weighted by atomic mass is 15.3. The Bertz CT molecular complexity index is 415. The molecule has 5 heteroatoms. The van der Waals surface area contributed by atoms with Crippen molar-refractivity contribution in [3.05, 3.63) is 17.8 Å². The molecule has 2 heterocycles. The topological polar surface area (TPSA) is 44.3 Å². The normalized spacial score (nSPS) is 17.2. The van der Waals surface area contributed by atoms with Crippen molar-refractivity contribution in [3.8, 4) is 0 Å². The summed E-state index contributed by atoms with van der Waals surface area (Å²) < 4.78 is 0. The Morgan fingerprint density at radius 2 is 1.81 bits per heavy atom. The van der Waals surface area contributed by atoms with Crippen LogP contribution in [0.3, 0.4) is 0 Å². The lowest BCUT2D eigenvalue weighted by molar-refractivity contribution is 0.258. The van der Waals surface area contributed by atoms with Gasteiger partial charge in [-0.15, -0.1) is 5.10 Å². The van der Waals surface area contributed by atoms with Crippen LogP contribution in [-0.2, 0) is 6.54 Å². The van der Waals surface area contributed by atoms with E-state index in [0.29, 0.717) is 0 Å². The molecular formula is C16H29N5. The fourth-order valence-electron chi connectivity index (χ4n) is 2.49. The van der Waals surface area contributed by atoms with Crippen LogP contribution in [0, 0.1) is 0 Å². The second-order valence-corrected chi connectivity index (χ2v) is 6.82. The molecule has 1 aromatic rings. The van der Waals surface area contributed by atoms with Crippen LogP contribution in [0.2, 0.25) is 0 Å². The highest BCUT2D eigenvalue weighted by Gasteiger charge is 2.17. The summed E-state index contributed by atoms with van der Waals surface area (Å²) in [5.41, 5.74) is 1.11. The summed E-state index contributed by atoms with van der Waals surface area (Å²) in [5, 5.41) is 12.2. The van der Waals surface area contributed by atoms with Gasteiger partial charge in [-0.3, -0.25) is 4.90 Å². The first-order chi connectivity index (χ1) is 9.98. The van der Waals surface area contributed by atoms with Gasteiger partial charge in [0.1, 0.15) is 0 Å². The Kier molecular flexibility index (Phi) is 5.53. The molecule has 0 spiro atoms. The van der Waals surface area contributed by atoms with E-state index >= 15 is 0 Å². The number of hydrogen-bond donors (Lipinski definition) is 1. The molecule has 0 radical (unpaired) electrons. The minimum absolute atomic E-state index is 0.107. The maximum Gasteiger partial charge on any atom is 0.151 e. The number of nitrogens with zero attached hydrogens (tertiary/aromatic N) is 4. The number of anilines is 1. The molecule has 2 rings (SSSR count). The van der Waals surface area contributed by atoms with Gasteiger partial charge in [-0.05, 0) is 45.9 Å². The molecule has 1 N–H and O–H groups in total. The third kappa shape index (κ3) is 5.25. The van der Waals surface area contributed by atoms with Crippen LogP contribution in [-0.4, -0.2) is 53.4 Å². The quantitative estimate of drug-likeness (QED) is 0.897. The van der Waals surface area contributed by atoms with Gasteiger partial charge >= 0.3 is 0 Å². The van der Waals surface area contributed by atoms with Crippen molar-refractivity contribution in [3.63, 3.8) is 0 Å². The maximum atomic E-state index is 4.39. The van der Waals surface area contributed by atoms with Gasteiger partial charge in [-0.2, -0.15) is 5.10 Å². The molecule has 0 bridgehead atoms. The van der Waals surface area contributed by atoms with Crippen LogP contribution < -0.4 is 10.2 Å². The molecule has 1 aliphatic rings. The zero-order valence-electron chi connectivity index (χ0n) is 13.9. The summed E-state index contributed by atoms with van der Waals surface area (Å²) in [6, 6.07) is 4.18. The van der Waals surface area contributed by atoms with E-state index in [-0.39, 0.29) is 5.54 Å². The summed E-state index contributed by atoms with van der Waals surface area (Å²) in [6.07, 6.45) is 1.23. The Balaban J connectivity index is 1.85. The molecule has 0 aliphatic carbocycles. The molecule has 118 valence electrons. The van der Waals surface area contributed by atoms with Gasteiger partial charge in [-0.1, -0.05) is 6.92 Å². The van der Waals surface area contributed by atoms with E-state index in [0.717, 1.165) is 44.2 Å². The number of aromatic nitrogens is 2. The predicted octanol–water partition coefficient (Wildman–Crippen LogP) is 1.90. The number of rotatable bonds is 5. The highest BCUT2D eigenvalue weighted by molar-refractivity contribution is 5.37. The molecule has 0 amide bonds. The first-order valence-corrected chi connectivity index (χ1v) is 8.03. The van der Waals surface area contributed by atoms with E-state index in [4.69, 9.17) is 0 Å². The summed E-state index contributed by atoms with van der Waals surface area (Å²) in [7, 11) is 0. The van der Waals surface area contributed by atoms with E-state index in [9.17, 15) is 0 Å². The van der Waals surface area contributed by atoms with Gasteiger partial charge in [-0.25, -0.2) is 0 Å². The highest BCUT2D eigenvalue weighted by Crippen LogP contribution is 2.13.